The number of carbonyl (C=O) groups excluding carboxylic acids is 1. The minimum atomic E-state index is -0.860. The Morgan fingerprint density at radius 3 is 2.37 bits per heavy atom. The number of hydrogen-bond acceptors (Lipinski definition) is 3. The summed E-state index contributed by atoms with van der Waals surface area (Å²) < 4.78 is 0. The molecule has 2 aromatic rings. The van der Waals surface area contributed by atoms with Crippen molar-refractivity contribution < 1.29 is 14.7 Å². The molecule has 1 aliphatic heterocycles. The lowest BCUT2D eigenvalue weighted by Gasteiger charge is -2.39. The summed E-state index contributed by atoms with van der Waals surface area (Å²) in [6.45, 7) is 5.41. The number of nitrogens with one attached hydrogen (secondary N) is 1. The summed E-state index contributed by atoms with van der Waals surface area (Å²) in [4.78, 5) is 26.5. The number of aliphatic carboxylic acids is 1. The van der Waals surface area contributed by atoms with Gasteiger partial charge in [0.1, 0.15) is 0 Å². The molecule has 1 saturated heterocycles. The first kappa shape index (κ1) is 19.1. The molecule has 142 valence electrons. The Bertz CT molecular complexity index is 825. The monoisotopic (exact) mass is 366 g/mol. The van der Waals surface area contributed by atoms with E-state index in [4.69, 9.17) is 0 Å². The van der Waals surface area contributed by atoms with E-state index >= 15 is 0 Å². The molecule has 1 amide bonds. The van der Waals surface area contributed by atoms with Crippen molar-refractivity contribution in [3.8, 4) is 0 Å². The molecule has 5 heteroatoms. The second-order valence-corrected chi connectivity index (χ2v) is 7.40. The number of anilines is 1. The Hall–Kier alpha value is -2.66. The number of carboxylic acids is 1. The molecule has 1 heterocycles. The molecule has 27 heavy (non-hydrogen) atoms. The van der Waals surface area contributed by atoms with Gasteiger partial charge in [-0.25, -0.2) is 0 Å². The third-order valence-electron chi connectivity index (χ3n) is 5.48. The topological polar surface area (TPSA) is 69.6 Å². The number of benzene rings is 2. The van der Waals surface area contributed by atoms with Crippen LogP contribution in [-0.4, -0.2) is 41.5 Å². The van der Waals surface area contributed by atoms with Crippen molar-refractivity contribution in [3.63, 3.8) is 0 Å². The van der Waals surface area contributed by atoms with Crippen molar-refractivity contribution in [2.24, 2.45) is 0 Å². The van der Waals surface area contributed by atoms with Crippen LogP contribution in [0.25, 0.3) is 0 Å². The van der Waals surface area contributed by atoms with Crippen LogP contribution in [0, 0.1) is 13.8 Å². The van der Waals surface area contributed by atoms with Crippen molar-refractivity contribution in [2.45, 2.75) is 32.1 Å². The molecule has 1 fully saturated rings. The van der Waals surface area contributed by atoms with Gasteiger partial charge in [0.25, 0.3) is 0 Å². The van der Waals surface area contributed by atoms with Gasteiger partial charge >= 0.3 is 5.97 Å². The number of amides is 1. The molecule has 0 spiro atoms. The highest BCUT2D eigenvalue weighted by molar-refractivity contribution is 5.93. The van der Waals surface area contributed by atoms with Crippen molar-refractivity contribution in [2.75, 3.05) is 25.0 Å². The van der Waals surface area contributed by atoms with E-state index in [1.165, 1.54) is 0 Å². The van der Waals surface area contributed by atoms with Crippen molar-refractivity contribution in [1.29, 1.82) is 0 Å². The lowest BCUT2D eigenvalue weighted by molar-refractivity contribution is -0.146. The number of hydrogen-bond donors (Lipinski definition) is 2. The molecule has 5 nitrogen and oxygen atoms in total. The fourth-order valence-electron chi connectivity index (χ4n) is 3.74. The number of piperidine rings is 1. The second-order valence-electron chi connectivity index (χ2n) is 7.40. The maximum absolute atomic E-state index is 12.4. The molecule has 0 radical (unpaired) electrons. The Morgan fingerprint density at radius 2 is 1.74 bits per heavy atom. The molecule has 1 aliphatic rings. The van der Waals surface area contributed by atoms with Gasteiger partial charge in [0.15, 0.2) is 0 Å². The zero-order valence-electron chi connectivity index (χ0n) is 15.9. The summed E-state index contributed by atoms with van der Waals surface area (Å²) in [5.41, 5.74) is 2.95. The predicted octanol–water partition coefficient (Wildman–Crippen LogP) is 3.36. The fourth-order valence-corrected chi connectivity index (χ4v) is 3.74. The minimum Gasteiger partial charge on any atom is -0.481 e. The van der Waals surface area contributed by atoms with Gasteiger partial charge in [-0.15, -0.1) is 0 Å². The first-order valence-electron chi connectivity index (χ1n) is 9.29. The average Bonchev–Trinajstić information content (AvgIpc) is 2.66. The summed E-state index contributed by atoms with van der Waals surface area (Å²) >= 11 is 0. The summed E-state index contributed by atoms with van der Waals surface area (Å²) in [5, 5.41) is 12.8. The average molecular weight is 366 g/mol. The third kappa shape index (κ3) is 4.19. The SMILES string of the molecule is Cc1ccc(C)c(NC(=O)CN2CCC(C(=O)O)(c3ccccc3)CC2)c1. The molecule has 2 N–H and O–H groups in total. The molecule has 0 bridgehead atoms. The highest BCUT2D eigenvalue weighted by Crippen LogP contribution is 2.35. The van der Waals surface area contributed by atoms with Gasteiger partial charge in [0.05, 0.1) is 12.0 Å². The maximum atomic E-state index is 12.4. The maximum Gasteiger partial charge on any atom is 0.314 e. The van der Waals surface area contributed by atoms with Crippen LogP contribution in [-0.2, 0) is 15.0 Å². The van der Waals surface area contributed by atoms with Crippen molar-refractivity contribution >= 4 is 17.6 Å². The molecule has 2 aromatic carbocycles. The van der Waals surface area contributed by atoms with E-state index in [0.717, 1.165) is 22.4 Å². The van der Waals surface area contributed by atoms with E-state index in [2.05, 4.69) is 5.32 Å². The van der Waals surface area contributed by atoms with Crippen LogP contribution in [0.2, 0.25) is 0 Å². The van der Waals surface area contributed by atoms with Crippen LogP contribution in [0.1, 0.15) is 29.5 Å². The summed E-state index contributed by atoms with van der Waals surface area (Å²) in [6.07, 6.45) is 1.01. The Morgan fingerprint density at radius 1 is 1.07 bits per heavy atom. The highest BCUT2D eigenvalue weighted by atomic mass is 16.4. The molecule has 3 rings (SSSR count). The first-order valence-corrected chi connectivity index (χ1v) is 9.29. The highest BCUT2D eigenvalue weighted by Gasteiger charge is 2.43. The minimum absolute atomic E-state index is 0.0637. The quantitative estimate of drug-likeness (QED) is 0.851. The second kappa shape index (κ2) is 7.92. The van der Waals surface area contributed by atoms with Gasteiger partial charge in [-0.05, 0) is 49.4 Å². The normalized spacial score (nSPS) is 16.7. The number of rotatable bonds is 5. The number of carboxylic acid groups (broad SMARTS) is 1. The smallest absolute Gasteiger partial charge is 0.314 e. The molecule has 0 unspecified atom stereocenters. The first-order chi connectivity index (χ1) is 12.9. The summed E-state index contributed by atoms with van der Waals surface area (Å²) in [5.74, 6) is -0.848. The lowest BCUT2D eigenvalue weighted by atomic mass is 9.73. The zero-order valence-corrected chi connectivity index (χ0v) is 15.9. The number of likely N-dealkylation sites (tertiary alicyclic amines) is 1. The van der Waals surface area contributed by atoms with E-state index in [0.29, 0.717) is 25.9 Å². The van der Waals surface area contributed by atoms with Crippen molar-refractivity contribution in [1.82, 2.24) is 4.90 Å². The molecular formula is C22H26N2O3. The summed E-state index contributed by atoms with van der Waals surface area (Å²) in [7, 11) is 0. The van der Waals surface area contributed by atoms with Crippen molar-refractivity contribution in [3.05, 3.63) is 65.2 Å². The van der Waals surface area contributed by atoms with E-state index in [1.54, 1.807) is 0 Å². The van der Waals surface area contributed by atoms with Gasteiger partial charge in [-0.3, -0.25) is 14.5 Å². The van der Waals surface area contributed by atoms with Gasteiger partial charge in [-0.2, -0.15) is 0 Å². The van der Waals surface area contributed by atoms with Gasteiger partial charge in [0.2, 0.25) is 5.91 Å². The molecule has 0 saturated carbocycles. The van der Waals surface area contributed by atoms with E-state index in [-0.39, 0.29) is 12.5 Å². The zero-order chi connectivity index (χ0) is 19.4. The molecular weight excluding hydrogens is 340 g/mol. The van der Waals surface area contributed by atoms with Crippen LogP contribution in [0.15, 0.2) is 48.5 Å². The van der Waals surface area contributed by atoms with Crippen LogP contribution in [0.5, 0.6) is 0 Å². The molecule has 0 atom stereocenters. The van der Waals surface area contributed by atoms with Gasteiger partial charge in [-0.1, -0.05) is 42.5 Å². The standard InChI is InChI=1S/C22H26N2O3/c1-16-8-9-17(2)19(14-16)23-20(25)15-24-12-10-22(11-13-24,21(26)27)18-6-4-3-5-7-18/h3-9,14H,10-13,15H2,1-2H3,(H,23,25)(H,26,27). The Kier molecular flexibility index (Phi) is 5.61. The Labute approximate surface area is 160 Å². The number of nitrogens with zero attached hydrogens (tertiary/aromatic N) is 1. The van der Waals surface area contributed by atoms with Crippen LogP contribution >= 0.6 is 0 Å². The third-order valence-corrected chi connectivity index (χ3v) is 5.48. The van der Waals surface area contributed by atoms with Crippen LogP contribution in [0.3, 0.4) is 0 Å². The van der Waals surface area contributed by atoms with E-state index in [1.807, 2.05) is 67.3 Å². The van der Waals surface area contributed by atoms with E-state index < -0.39 is 11.4 Å². The number of aryl methyl sites for hydroxylation is 2. The fraction of sp³-hybridized carbons (Fsp3) is 0.364. The molecule has 0 aliphatic carbocycles. The van der Waals surface area contributed by atoms with Gasteiger partial charge < -0.3 is 10.4 Å². The summed E-state index contributed by atoms with van der Waals surface area (Å²) in [6, 6.07) is 15.4. The predicted molar refractivity (Wildman–Crippen MR) is 106 cm³/mol. The van der Waals surface area contributed by atoms with Crippen LogP contribution in [0.4, 0.5) is 5.69 Å². The van der Waals surface area contributed by atoms with E-state index in [9.17, 15) is 14.7 Å². The van der Waals surface area contributed by atoms with Crippen LogP contribution < -0.4 is 5.32 Å². The number of carbonyl (C=O) groups is 2. The molecule has 0 aromatic heterocycles. The Balaban J connectivity index is 1.62. The largest absolute Gasteiger partial charge is 0.481 e. The lowest BCUT2D eigenvalue weighted by Crippen LogP contribution is -2.49. The van der Waals surface area contributed by atoms with Gasteiger partial charge in [0, 0.05) is 18.8 Å².